The van der Waals surface area contributed by atoms with Crippen LogP contribution in [0, 0.1) is 12.8 Å². The molecule has 2 rings (SSSR count). The fraction of sp³-hybridized carbons (Fsp3) is 0.636. The summed E-state index contributed by atoms with van der Waals surface area (Å²) in [7, 11) is 0. The first-order valence-corrected chi connectivity index (χ1v) is 5.78. The van der Waals surface area contributed by atoms with Gasteiger partial charge in [-0.1, -0.05) is 6.42 Å². The minimum Gasteiger partial charge on any atom is -0.367 e. The van der Waals surface area contributed by atoms with Gasteiger partial charge in [-0.2, -0.15) is 0 Å². The van der Waals surface area contributed by atoms with Crippen LogP contribution in [0.2, 0.25) is 0 Å². The molecule has 0 spiro atoms. The summed E-state index contributed by atoms with van der Waals surface area (Å²) in [6.45, 7) is 4.07. The van der Waals surface area contributed by atoms with Crippen LogP contribution < -0.4 is 16.6 Å². The van der Waals surface area contributed by atoms with Gasteiger partial charge >= 0.3 is 0 Å². The van der Waals surface area contributed by atoms with Crippen LogP contribution in [-0.2, 0) is 0 Å². The predicted octanol–water partition coefficient (Wildman–Crippen LogP) is 1.67. The Balaban J connectivity index is 2.04. The number of hydrogen-bond donors (Lipinski definition) is 3. The Labute approximate surface area is 95.8 Å². The van der Waals surface area contributed by atoms with E-state index in [2.05, 4.69) is 27.6 Å². The van der Waals surface area contributed by atoms with E-state index in [1.807, 2.05) is 13.0 Å². The molecule has 1 fully saturated rings. The summed E-state index contributed by atoms with van der Waals surface area (Å²) >= 11 is 0. The van der Waals surface area contributed by atoms with Gasteiger partial charge in [0.15, 0.2) is 0 Å². The van der Waals surface area contributed by atoms with E-state index < -0.39 is 0 Å². The number of hydrogen-bond acceptors (Lipinski definition) is 5. The molecule has 1 saturated carbocycles. The quantitative estimate of drug-likeness (QED) is 0.532. The Morgan fingerprint density at radius 1 is 1.38 bits per heavy atom. The highest BCUT2D eigenvalue weighted by Gasteiger charge is 2.23. The molecule has 5 heteroatoms. The van der Waals surface area contributed by atoms with Crippen molar-refractivity contribution < 1.29 is 0 Å². The van der Waals surface area contributed by atoms with Crippen LogP contribution in [0.1, 0.15) is 32.0 Å². The lowest BCUT2D eigenvalue weighted by Gasteiger charge is -2.32. The second-order valence-electron chi connectivity index (χ2n) is 4.45. The van der Waals surface area contributed by atoms with Crippen LogP contribution in [0.4, 0.5) is 11.6 Å². The number of nitrogens with zero attached hydrogens (tertiary/aromatic N) is 2. The van der Waals surface area contributed by atoms with E-state index >= 15 is 0 Å². The number of aromatic nitrogens is 2. The average Bonchev–Trinajstić information content (AvgIpc) is 2.13. The van der Waals surface area contributed by atoms with Gasteiger partial charge in [0.1, 0.15) is 17.5 Å². The molecule has 88 valence electrons. The van der Waals surface area contributed by atoms with Gasteiger partial charge in [-0.15, -0.1) is 0 Å². The highest BCUT2D eigenvalue weighted by Crippen LogP contribution is 2.30. The molecule has 0 amide bonds. The normalized spacial score (nSPS) is 17.7. The molecule has 4 N–H and O–H groups in total. The number of nitrogens with one attached hydrogen (secondary N) is 2. The van der Waals surface area contributed by atoms with Crippen LogP contribution in [0.3, 0.4) is 0 Å². The van der Waals surface area contributed by atoms with E-state index in [4.69, 9.17) is 5.84 Å². The molecule has 1 atom stereocenters. The minimum atomic E-state index is 0.466. The van der Waals surface area contributed by atoms with Gasteiger partial charge in [-0.25, -0.2) is 15.8 Å². The number of hydrazine groups is 1. The molecular weight excluding hydrogens is 202 g/mol. The molecule has 1 aromatic rings. The molecule has 1 aliphatic carbocycles. The van der Waals surface area contributed by atoms with Crippen LogP contribution in [-0.4, -0.2) is 16.0 Å². The van der Waals surface area contributed by atoms with Crippen molar-refractivity contribution in [3.05, 3.63) is 11.9 Å². The van der Waals surface area contributed by atoms with Crippen molar-refractivity contribution in [1.82, 2.24) is 9.97 Å². The lowest BCUT2D eigenvalue weighted by atomic mass is 9.80. The Morgan fingerprint density at radius 3 is 2.62 bits per heavy atom. The zero-order valence-electron chi connectivity index (χ0n) is 9.83. The second-order valence-corrected chi connectivity index (χ2v) is 4.45. The van der Waals surface area contributed by atoms with Gasteiger partial charge in [0.05, 0.1) is 0 Å². The van der Waals surface area contributed by atoms with Gasteiger partial charge in [-0.3, -0.25) is 0 Å². The zero-order valence-corrected chi connectivity index (χ0v) is 9.83. The van der Waals surface area contributed by atoms with E-state index in [-0.39, 0.29) is 0 Å². The molecule has 0 aromatic carbocycles. The van der Waals surface area contributed by atoms with Crippen LogP contribution in [0.15, 0.2) is 6.07 Å². The third-order valence-corrected chi connectivity index (χ3v) is 3.22. The summed E-state index contributed by atoms with van der Waals surface area (Å²) in [6, 6.07) is 2.30. The first-order chi connectivity index (χ1) is 7.69. The summed E-state index contributed by atoms with van der Waals surface area (Å²) in [5.74, 6) is 8.35. The van der Waals surface area contributed by atoms with Gasteiger partial charge in [0, 0.05) is 12.1 Å². The maximum Gasteiger partial charge on any atom is 0.145 e. The standard InChI is InChI=1S/C11H19N5/c1-7(9-4-3-5-9)13-10-6-11(16-12)15-8(2)14-10/h6-7,9H,3-5,12H2,1-2H3,(H2,13,14,15,16). The van der Waals surface area contributed by atoms with Gasteiger partial charge in [0.2, 0.25) is 0 Å². The van der Waals surface area contributed by atoms with Crippen molar-refractivity contribution in [2.45, 2.75) is 39.2 Å². The van der Waals surface area contributed by atoms with E-state index in [0.29, 0.717) is 11.9 Å². The molecule has 1 unspecified atom stereocenters. The van der Waals surface area contributed by atoms with Gasteiger partial charge < -0.3 is 10.7 Å². The molecule has 1 heterocycles. The Hall–Kier alpha value is -1.36. The first-order valence-electron chi connectivity index (χ1n) is 5.78. The Morgan fingerprint density at radius 2 is 2.06 bits per heavy atom. The molecule has 0 aliphatic heterocycles. The third-order valence-electron chi connectivity index (χ3n) is 3.22. The highest BCUT2D eigenvalue weighted by molar-refractivity contribution is 5.47. The number of nitrogens with two attached hydrogens (primary N) is 1. The van der Waals surface area contributed by atoms with Crippen molar-refractivity contribution in [2.75, 3.05) is 10.7 Å². The molecule has 1 aromatic heterocycles. The Kier molecular flexibility index (Phi) is 3.24. The smallest absolute Gasteiger partial charge is 0.145 e. The average molecular weight is 221 g/mol. The Bertz CT molecular complexity index is 361. The monoisotopic (exact) mass is 221 g/mol. The molecule has 1 aliphatic rings. The van der Waals surface area contributed by atoms with Gasteiger partial charge in [0.25, 0.3) is 0 Å². The number of anilines is 2. The minimum absolute atomic E-state index is 0.466. The topological polar surface area (TPSA) is 75.9 Å². The number of rotatable bonds is 4. The largest absolute Gasteiger partial charge is 0.367 e. The third kappa shape index (κ3) is 2.41. The van der Waals surface area contributed by atoms with E-state index in [9.17, 15) is 0 Å². The summed E-state index contributed by atoms with van der Waals surface area (Å²) in [5.41, 5.74) is 2.55. The van der Waals surface area contributed by atoms with E-state index in [1.54, 1.807) is 0 Å². The fourth-order valence-corrected chi connectivity index (χ4v) is 2.01. The van der Waals surface area contributed by atoms with Crippen LogP contribution in [0.25, 0.3) is 0 Å². The molecule has 0 bridgehead atoms. The number of nitrogen functional groups attached to an aromatic ring is 1. The van der Waals surface area contributed by atoms with Crippen LogP contribution >= 0.6 is 0 Å². The van der Waals surface area contributed by atoms with Crippen molar-refractivity contribution in [2.24, 2.45) is 11.8 Å². The summed E-state index contributed by atoms with van der Waals surface area (Å²) in [5, 5.41) is 3.41. The first kappa shape index (κ1) is 11.1. The maximum absolute atomic E-state index is 5.35. The maximum atomic E-state index is 5.35. The SMILES string of the molecule is Cc1nc(NN)cc(NC(C)C2CCC2)n1. The van der Waals surface area contributed by atoms with Crippen molar-refractivity contribution in [3.8, 4) is 0 Å². The highest BCUT2D eigenvalue weighted by atomic mass is 15.3. The summed E-state index contributed by atoms with van der Waals surface area (Å²) in [6.07, 6.45) is 4.00. The molecule has 0 saturated heterocycles. The molecule has 0 radical (unpaired) electrons. The van der Waals surface area contributed by atoms with E-state index in [0.717, 1.165) is 17.6 Å². The fourth-order valence-electron chi connectivity index (χ4n) is 2.01. The van der Waals surface area contributed by atoms with Crippen molar-refractivity contribution in [1.29, 1.82) is 0 Å². The zero-order chi connectivity index (χ0) is 11.5. The predicted molar refractivity (Wildman–Crippen MR) is 65.0 cm³/mol. The van der Waals surface area contributed by atoms with Crippen molar-refractivity contribution >= 4 is 11.6 Å². The van der Waals surface area contributed by atoms with Crippen LogP contribution in [0.5, 0.6) is 0 Å². The lowest BCUT2D eigenvalue weighted by Crippen LogP contribution is -2.31. The summed E-state index contributed by atoms with van der Waals surface area (Å²) in [4.78, 5) is 8.50. The van der Waals surface area contributed by atoms with Gasteiger partial charge in [-0.05, 0) is 32.6 Å². The molecule has 16 heavy (non-hydrogen) atoms. The summed E-state index contributed by atoms with van der Waals surface area (Å²) < 4.78 is 0. The number of aryl methyl sites for hydroxylation is 1. The van der Waals surface area contributed by atoms with E-state index in [1.165, 1.54) is 19.3 Å². The van der Waals surface area contributed by atoms with Crippen molar-refractivity contribution in [3.63, 3.8) is 0 Å². The molecular formula is C11H19N5. The lowest BCUT2D eigenvalue weighted by molar-refractivity contribution is 0.285. The second kappa shape index (κ2) is 4.65. The molecule has 5 nitrogen and oxygen atoms in total.